The van der Waals surface area contributed by atoms with Gasteiger partial charge in [0.05, 0.1) is 0 Å². The summed E-state index contributed by atoms with van der Waals surface area (Å²) in [7, 11) is 0. The van der Waals surface area contributed by atoms with Crippen LogP contribution in [0.3, 0.4) is 0 Å². The predicted molar refractivity (Wildman–Crippen MR) is 79.6 cm³/mol. The van der Waals surface area contributed by atoms with Gasteiger partial charge < -0.3 is 9.80 Å². The second-order valence-corrected chi connectivity index (χ2v) is 5.25. The largest absolute Gasteiger partial charge is 0.368 e. The molecular weight excluding hydrogens is 271 g/mol. The van der Waals surface area contributed by atoms with Gasteiger partial charge >= 0.3 is 0 Å². The fourth-order valence-electron chi connectivity index (χ4n) is 2.48. The Labute approximate surface area is 123 Å². The number of benzene rings is 1. The Morgan fingerprint density at radius 2 is 2.05 bits per heavy atom. The molecule has 21 heavy (non-hydrogen) atoms. The van der Waals surface area contributed by atoms with E-state index in [0.717, 1.165) is 5.69 Å². The molecule has 0 aromatic heterocycles. The molecule has 2 rings (SSSR count). The summed E-state index contributed by atoms with van der Waals surface area (Å²) < 4.78 is 13.3. The number of piperazine rings is 1. The lowest BCUT2D eigenvalue weighted by Crippen LogP contribution is -2.53. The topological polar surface area (TPSA) is 40.6 Å². The Kier molecular flexibility index (Phi) is 4.73. The number of ketones is 1. The van der Waals surface area contributed by atoms with Crippen molar-refractivity contribution in [1.29, 1.82) is 0 Å². The van der Waals surface area contributed by atoms with Crippen molar-refractivity contribution in [3.05, 3.63) is 42.2 Å². The van der Waals surface area contributed by atoms with Gasteiger partial charge in [-0.05, 0) is 38.1 Å². The number of rotatable bonds is 3. The summed E-state index contributed by atoms with van der Waals surface area (Å²) in [5.41, 5.74) is 0.827. The summed E-state index contributed by atoms with van der Waals surface area (Å²) in [5.74, 6) is -0.561. The lowest BCUT2D eigenvalue weighted by atomic mass is 10.1. The Morgan fingerprint density at radius 3 is 2.67 bits per heavy atom. The fourth-order valence-corrected chi connectivity index (χ4v) is 2.48. The van der Waals surface area contributed by atoms with Gasteiger partial charge in [0.1, 0.15) is 5.82 Å². The first-order valence-corrected chi connectivity index (χ1v) is 6.97. The average molecular weight is 290 g/mol. The van der Waals surface area contributed by atoms with E-state index < -0.39 is 0 Å². The van der Waals surface area contributed by atoms with Crippen LogP contribution in [-0.4, -0.2) is 42.3 Å². The molecule has 0 N–H and O–H groups in total. The van der Waals surface area contributed by atoms with Crippen LogP contribution in [0.15, 0.2) is 36.4 Å². The number of hydrogen-bond acceptors (Lipinski definition) is 3. The molecule has 0 radical (unpaired) electrons. The van der Waals surface area contributed by atoms with Crippen molar-refractivity contribution in [2.45, 2.75) is 19.9 Å². The zero-order valence-electron chi connectivity index (χ0n) is 12.3. The summed E-state index contributed by atoms with van der Waals surface area (Å²) in [6.07, 6.45) is 2.60. The van der Waals surface area contributed by atoms with Gasteiger partial charge in [0.25, 0.3) is 0 Å². The number of nitrogens with zero attached hydrogens (tertiary/aromatic N) is 2. The van der Waals surface area contributed by atoms with Gasteiger partial charge in [-0.1, -0.05) is 6.07 Å². The molecule has 0 bridgehead atoms. The molecule has 0 spiro atoms. The first-order chi connectivity index (χ1) is 9.97. The number of allylic oxidation sites excluding steroid dienone is 1. The minimum absolute atomic E-state index is 0.00567. The molecule has 1 aromatic rings. The molecule has 1 amide bonds. The van der Waals surface area contributed by atoms with Gasteiger partial charge in [-0.25, -0.2) is 4.39 Å². The minimum Gasteiger partial charge on any atom is -0.368 e. The molecule has 112 valence electrons. The SMILES string of the molecule is CC(=O)/C=C/C(=O)N1CCN(c2cccc(F)c2)CC1C. The first kappa shape index (κ1) is 15.2. The van der Waals surface area contributed by atoms with Crippen LogP contribution in [0, 0.1) is 5.82 Å². The molecule has 1 aromatic carbocycles. The van der Waals surface area contributed by atoms with E-state index in [2.05, 4.69) is 4.90 Å². The molecule has 0 saturated carbocycles. The Balaban J connectivity index is 2.02. The molecule has 1 aliphatic rings. The quantitative estimate of drug-likeness (QED) is 0.800. The van der Waals surface area contributed by atoms with E-state index in [1.165, 1.54) is 31.2 Å². The summed E-state index contributed by atoms with van der Waals surface area (Å²) in [5, 5.41) is 0. The van der Waals surface area contributed by atoms with E-state index in [0.29, 0.717) is 19.6 Å². The van der Waals surface area contributed by atoms with Gasteiger partial charge in [0.15, 0.2) is 5.78 Å². The lowest BCUT2D eigenvalue weighted by Gasteiger charge is -2.40. The molecule has 1 heterocycles. The normalized spacial score (nSPS) is 19.1. The maximum atomic E-state index is 13.3. The summed E-state index contributed by atoms with van der Waals surface area (Å²) in [6, 6.07) is 6.47. The average Bonchev–Trinajstić information content (AvgIpc) is 2.44. The van der Waals surface area contributed by atoms with Crippen molar-refractivity contribution in [3.63, 3.8) is 0 Å². The van der Waals surface area contributed by atoms with Crippen LogP contribution in [0.4, 0.5) is 10.1 Å². The molecule has 1 aliphatic heterocycles. The van der Waals surface area contributed by atoms with Crippen molar-refractivity contribution in [1.82, 2.24) is 4.90 Å². The molecule has 1 unspecified atom stereocenters. The van der Waals surface area contributed by atoms with E-state index in [9.17, 15) is 14.0 Å². The number of amides is 1. The van der Waals surface area contributed by atoms with Crippen molar-refractivity contribution in [2.24, 2.45) is 0 Å². The summed E-state index contributed by atoms with van der Waals surface area (Å²) in [4.78, 5) is 26.7. The van der Waals surface area contributed by atoms with Gasteiger partial charge in [0, 0.05) is 37.4 Å². The van der Waals surface area contributed by atoms with Crippen LogP contribution in [0.1, 0.15) is 13.8 Å². The highest BCUT2D eigenvalue weighted by atomic mass is 19.1. The molecular formula is C16H19FN2O2. The van der Waals surface area contributed by atoms with Crippen molar-refractivity contribution in [2.75, 3.05) is 24.5 Å². The maximum Gasteiger partial charge on any atom is 0.247 e. The van der Waals surface area contributed by atoms with Gasteiger partial charge in [0.2, 0.25) is 5.91 Å². The highest BCUT2D eigenvalue weighted by molar-refractivity contribution is 5.96. The monoisotopic (exact) mass is 290 g/mol. The van der Waals surface area contributed by atoms with Gasteiger partial charge in [-0.2, -0.15) is 0 Å². The third-order valence-electron chi connectivity index (χ3n) is 3.54. The molecule has 4 nitrogen and oxygen atoms in total. The van der Waals surface area contributed by atoms with Crippen LogP contribution < -0.4 is 4.90 Å². The summed E-state index contributed by atoms with van der Waals surface area (Å²) >= 11 is 0. The second-order valence-electron chi connectivity index (χ2n) is 5.25. The van der Waals surface area contributed by atoms with Crippen LogP contribution in [0.5, 0.6) is 0 Å². The number of carbonyl (C=O) groups is 2. The number of carbonyl (C=O) groups excluding carboxylic acids is 2. The van der Waals surface area contributed by atoms with Crippen LogP contribution >= 0.6 is 0 Å². The van der Waals surface area contributed by atoms with Crippen molar-refractivity contribution < 1.29 is 14.0 Å². The highest BCUT2D eigenvalue weighted by Gasteiger charge is 2.26. The third kappa shape index (κ3) is 3.90. The highest BCUT2D eigenvalue weighted by Crippen LogP contribution is 2.20. The number of anilines is 1. The zero-order valence-corrected chi connectivity index (χ0v) is 12.3. The minimum atomic E-state index is -0.261. The maximum absolute atomic E-state index is 13.3. The zero-order chi connectivity index (χ0) is 15.4. The molecule has 1 fully saturated rings. The van der Waals surface area contributed by atoms with Crippen LogP contribution in [0.2, 0.25) is 0 Å². The standard InChI is InChI=1S/C16H19FN2O2/c1-12-11-18(15-5-3-4-14(17)10-15)8-9-19(12)16(21)7-6-13(2)20/h3-7,10,12H,8-9,11H2,1-2H3/b7-6+. The number of halogens is 1. The predicted octanol–water partition coefficient (Wildman–Crippen LogP) is 2.01. The molecule has 5 heteroatoms. The van der Waals surface area contributed by atoms with Gasteiger partial charge in [-0.15, -0.1) is 0 Å². The number of hydrogen-bond donors (Lipinski definition) is 0. The summed E-state index contributed by atoms with van der Waals surface area (Å²) in [6.45, 7) is 5.20. The fraction of sp³-hybridized carbons (Fsp3) is 0.375. The second kappa shape index (κ2) is 6.52. The van der Waals surface area contributed by atoms with E-state index in [1.54, 1.807) is 11.0 Å². The molecule has 1 saturated heterocycles. The van der Waals surface area contributed by atoms with E-state index >= 15 is 0 Å². The van der Waals surface area contributed by atoms with E-state index in [-0.39, 0.29) is 23.5 Å². The third-order valence-corrected chi connectivity index (χ3v) is 3.54. The Bertz CT molecular complexity index is 571. The first-order valence-electron chi connectivity index (χ1n) is 6.97. The van der Waals surface area contributed by atoms with Crippen LogP contribution in [-0.2, 0) is 9.59 Å². The smallest absolute Gasteiger partial charge is 0.247 e. The Hall–Kier alpha value is -2.17. The molecule has 0 aliphatic carbocycles. The molecule has 1 atom stereocenters. The lowest BCUT2D eigenvalue weighted by molar-refractivity contribution is -0.128. The van der Waals surface area contributed by atoms with Crippen molar-refractivity contribution in [3.8, 4) is 0 Å². The van der Waals surface area contributed by atoms with Crippen molar-refractivity contribution >= 4 is 17.4 Å². The van der Waals surface area contributed by atoms with E-state index in [1.807, 2.05) is 13.0 Å². The van der Waals surface area contributed by atoms with Crippen LogP contribution in [0.25, 0.3) is 0 Å². The van der Waals surface area contributed by atoms with E-state index in [4.69, 9.17) is 0 Å². The van der Waals surface area contributed by atoms with Gasteiger partial charge in [-0.3, -0.25) is 9.59 Å². The Morgan fingerprint density at radius 1 is 1.29 bits per heavy atom.